The van der Waals surface area contributed by atoms with E-state index in [0.29, 0.717) is 0 Å². The van der Waals surface area contributed by atoms with Gasteiger partial charge in [-0.05, 0) is 24.6 Å². The van der Waals surface area contributed by atoms with Gasteiger partial charge in [0, 0.05) is 12.0 Å². The van der Waals surface area contributed by atoms with E-state index in [-0.39, 0.29) is 0 Å². The largest absolute Gasteiger partial charge is 0.497 e. The van der Waals surface area contributed by atoms with Gasteiger partial charge in [0.1, 0.15) is 10.8 Å². The minimum absolute atomic E-state index is 0.877. The van der Waals surface area contributed by atoms with Crippen molar-refractivity contribution in [1.82, 2.24) is 14.6 Å². The van der Waals surface area contributed by atoms with Gasteiger partial charge in [0.25, 0.3) is 0 Å². The number of aryl methyl sites for hydroxylation is 1. The number of fused-ring (bicyclic) bond motifs is 5. The summed E-state index contributed by atoms with van der Waals surface area (Å²) in [5.74, 6) is 0.877. The summed E-state index contributed by atoms with van der Waals surface area (Å²) < 4.78 is 7.26. The van der Waals surface area contributed by atoms with Gasteiger partial charge in [0.15, 0.2) is 0 Å². The topological polar surface area (TPSA) is 39.4 Å². The van der Waals surface area contributed by atoms with Gasteiger partial charge < -0.3 is 4.74 Å². The Hall–Kier alpha value is -1.88. The lowest BCUT2D eigenvalue weighted by molar-refractivity contribution is 0.415. The van der Waals surface area contributed by atoms with Crippen LogP contribution < -0.4 is 4.74 Å². The molecule has 90 valence electrons. The normalized spacial score (nSPS) is 12.8. The van der Waals surface area contributed by atoms with E-state index in [1.807, 2.05) is 17.5 Å². The molecule has 0 radical (unpaired) electrons. The smallest absolute Gasteiger partial charge is 0.212 e. The number of rotatable bonds is 1. The maximum atomic E-state index is 5.28. The van der Waals surface area contributed by atoms with Gasteiger partial charge in [-0.15, -0.1) is 0 Å². The maximum absolute atomic E-state index is 5.28. The van der Waals surface area contributed by atoms with Crippen LogP contribution in [0.4, 0.5) is 0 Å². The Kier molecular flexibility index (Phi) is 1.86. The average Bonchev–Trinajstić information content (AvgIpc) is 2.98. The number of aromatic nitrogens is 3. The molecule has 18 heavy (non-hydrogen) atoms. The molecule has 5 heteroatoms. The van der Waals surface area contributed by atoms with Gasteiger partial charge in [-0.1, -0.05) is 17.4 Å². The number of hydrogen-bond donors (Lipinski definition) is 0. The Balaban J connectivity index is 1.99. The molecule has 1 aliphatic rings. The Morgan fingerprint density at radius 1 is 1.39 bits per heavy atom. The number of methoxy groups -OCH3 is 1. The number of hydrogen-bond acceptors (Lipinski definition) is 4. The third-order valence-electron chi connectivity index (χ3n) is 3.33. The summed E-state index contributed by atoms with van der Waals surface area (Å²) in [6.45, 7) is 2.01. The first-order valence-electron chi connectivity index (χ1n) is 5.78. The third-order valence-corrected chi connectivity index (χ3v) is 4.15. The minimum atomic E-state index is 0.877. The van der Waals surface area contributed by atoms with Gasteiger partial charge in [-0.25, -0.2) is 9.50 Å². The maximum Gasteiger partial charge on any atom is 0.212 e. The average molecular weight is 257 g/mol. The van der Waals surface area contributed by atoms with Crippen molar-refractivity contribution < 1.29 is 4.74 Å². The van der Waals surface area contributed by atoms with Crippen molar-refractivity contribution in [2.24, 2.45) is 0 Å². The Morgan fingerprint density at radius 2 is 2.28 bits per heavy atom. The van der Waals surface area contributed by atoms with Crippen LogP contribution >= 0.6 is 11.3 Å². The summed E-state index contributed by atoms with van der Waals surface area (Å²) in [6, 6.07) is 6.17. The van der Waals surface area contributed by atoms with Crippen molar-refractivity contribution >= 4 is 16.3 Å². The monoisotopic (exact) mass is 257 g/mol. The van der Waals surface area contributed by atoms with Gasteiger partial charge in [0.05, 0.1) is 18.5 Å². The number of benzene rings is 1. The van der Waals surface area contributed by atoms with Crippen molar-refractivity contribution in [3.05, 3.63) is 34.5 Å². The van der Waals surface area contributed by atoms with Crippen molar-refractivity contribution in [1.29, 1.82) is 0 Å². The van der Waals surface area contributed by atoms with Crippen LogP contribution in [0, 0.1) is 6.92 Å². The predicted octanol–water partition coefficient (Wildman–Crippen LogP) is 2.68. The molecule has 2 heterocycles. The van der Waals surface area contributed by atoms with E-state index in [1.165, 1.54) is 16.8 Å². The number of imidazole rings is 1. The fourth-order valence-electron chi connectivity index (χ4n) is 2.50. The van der Waals surface area contributed by atoms with E-state index in [1.54, 1.807) is 18.4 Å². The Labute approximate surface area is 108 Å². The molecule has 0 bridgehead atoms. The molecule has 0 spiro atoms. The zero-order valence-corrected chi connectivity index (χ0v) is 10.9. The lowest BCUT2D eigenvalue weighted by atomic mass is 10.1. The molecule has 1 aromatic carbocycles. The fraction of sp³-hybridized carbons (Fsp3) is 0.231. The van der Waals surface area contributed by atoms with Crippen LogP contribution in [0.5, 0.6) is 5.75 Å². The molecule has 1 aliphatic carbocycles. The van der Waals surface area contributed by atoms with Gasteiger partial charge >= 0.3 is 0 Å². The highest BCUT2D eigenvalue weighted by molar-refractivity contribution is 7.16. The van der Waals surface area contributed by atoms with Crippen LogP contribution in [-0.2, 0) is 6.42 Å². The first-order chi connectivity index (χ1) is 8.76. The molecule has 0 amide bonds. The Morgan fingerprint density at radius 3 is 3.11 bits per heavy atom. The molecular formula is C13H11N3OS. The molecule has 0 atom stereocenters. The van der Waals surface area contributed by atoms with E-state index < -0.39 is 0 Å². The molecule has 0 saturated heterocycles. The second kappa shape index (κ2) is 3.32. The van der Waals surface area contributed by atoms with Crippen molar-refractivity contribution in [3.63, 3.8) is 0 Å². The summed E-state index contributed by atoms with van der Waals surface area (Å²) in [5.41, 5.74) is 4.73. The Bertz CT molecular complexity index is 772. The van der Waals surface area contributed by atoms with Crippen LogP contribution in [0.1, 0.15) is 16.3 Å². The summed E-state index contributed by atoms with van der Waals surface area (Å²) >= 11 is 1.63. The lowest BCUT2D eigenvalue weighted by Crippen LogP contribution is -1.91. The molecule has 0 saturated carbocycles. The van der Waals surface area contributed by atoms with E-state index in [4.69, 9.17) is 9.72 Å². The summed E-state index contributed by atoms with van der Waals surface area (Å²) in [6.07, 6.45) is 0.902. The standard InChI is InChI=1S/C13H11N3OS/c1-7-15-16-11-5-8-3-4-9(17-2)6-10(8)12(11)14-13(16)18-7/h3-4,6H,5H2,1-2H3. The van der Waals surface area contributed by atoms with Crippen molar-refractivity contribution in [2.45, 2.75) is 13.3 Å². The third kappa shape index (κ3) is 1.19. The highest BCUT2D eigenvalue weighted by Gasteiger charge is 2.26. The molecule has 0 aliphatic heterocycles. The number of ether oxygens (including phenoxy) is 1. The minimum Gasteiger partial charge on any atom is -0.497 e. The quantitative estimate of drug-likeness (QED) is 0.526. The molecule has 0 N–H and O–H groups in total. The van der Waals surface area contributed by atoms with E-state index in [9.17, 15) is 0 Å². The van der Waals surface area contributed by atoms with Crippen LogP contribution in [0.2, 0.25) is 0 Å². The second-order valence-electron chi connectivity index (χ2n) is 4.42. The highest BCUT2D eigenvalue weighted by atomic mass is 32.1. The first kappa shape index (κ1) is 10.1. The van der Waals surface area contributed by atoms with Crippen LogP contribution in [0.3, 0.4) is 0 Å². The van der Waals surface area contributed by atoms with E-state index in [0.717, 1.165) is 27.8 Å². The van der Waals surface area contributed by atoms with E-state index >= 15 is 0 Å². The molecule has 4 nitrogen and oxygen atoms in total. The molecule has 4 rings (SSSR count). The van der Waals surface area contributed by atoms with Gasteiger partial charge in [-0.3, -0.25) is 0 Å². The summed E-state index contributed by atoms with van der Waals surface area (Å²) in [7, 11) is 1.69. The zero-order valence-electron chi connectivity index (χ0n) is 10.1. The first-order valence-corrected chi connectivity index (χ1v) is 6.60. The molecule has 0 unspecified atom stereocenters. The molecule has 3 aromatic rings. The molecule has 2 aromatic heterocycles. The predicted molar refractivity (Wildman–Crippen MR) is 70.4 cm³/mol. The van der Waals surface area contributed by atoms with Crippen molar-refractivity contribution in [2.75, 3.05) is 7.11 Å². The summed E-state index contributed by atoms with van der Waals surface area (Å²) in [5, 5.41) is 5.56. The van der Waals surface area contributed by atoms with E-state index in [2.05, 4.69) is 17.2 Å². The van der Waals surface area contributed by atoms with Gasteiger partial charge in [0.2, 0.25) is 4.96 Å². The van der Waals surface area contributed by atoms with Crippen LogP contribution in [0.15, 0.2) is 18.2 Å². The van der Waals surface area contributed by atoms with Crippen molar-refractivity contribution in [3.8, 4) is 17.0 Å². The number of nitrogens with zero attached hydrogens (tertiary/aromatic N) is 3. The molecular weight excluding hydrogens is 246 g/mol. The fourth-order valence-corrected chi connectivity index (χ4v) is 3.26. The SMILES string of the molecule is COc1ccc2c(c1)-c1nc3sc(C)nn3c1C2. The van der Waals surface area contributed by atoms with Gasteiger partial charge in [-0.2, -0.15) is 5.10 Å². The lowest BCUT2D eigenvalue weighted by Gasteiger charge is -2.02. The highest BCUT2D eigenvalue weighted by Crippen LogP contribution is 2.39. The van der Waals surface area contributed by atoms with Crippen LogP contribution in [-0.4, -0.2) is 21.7 Å². The zero-order chi connectivity index (χ0) is 12.3. The molecule has 0 fully saturated rings. The second-order valence-corrected chi connectivity index (χ2v) is 5.58. The summed E-state index contributed by atoms with van der Waals surface area (Å²) in [4.78, 5) is 5.67. The van der Waals surface area contributed by atoms with Crippen LogP contribution in [0.25, 0.3) is 16.2 Å².